The van der Waals surface area contributed by atoms with Crippen LogP contribution in [-0.4, -0.2) is 5.16 Å². The van der Waals surface area contributed by atoms with Gasteiger partial charge in [-0.2, -0.15) is 0 Å². The van der Waals surface area contributed by atoms with Gasteiger partial charge in [-0.1, -0.05) is 16.8 Å². The Morgan fingerprint density at radius 1 is 1.44 bits per heavy atom. The van der Waals surface area contributed by atoms with Gasteiger partial charge in [0.2, 0.25) is 0 Å². The normalized spacial score (nSPS) is 10.6. The van der Waals surface area contributed by atoms with Crippen LogP contribution in [0.25, 0.3) is 0 Å². The second-order valence-corrected chi connectivity index (χ2v) is 4.86. The zero-order valence-corrected chi connectivity index (χ0v) is 10.3. The Morgan fingerprint density at radius 3 is 2.88 bits per heavy atom. The van der Waals surface area contributed by atoms with Gasteiger partial charge in [0, 0.05) is 21.7 Å². The fourth-order valence-corrected chi connectivity index (χ4v) is 2.29. The molecule has 5 heteroatoms. The van der Waals surface area contributed by atoms with Gasteiger partial charge in [-0.05, 0) is 25.1 Å². The van der Waals surface area contributed by atoms with E-state index in [1.807, 2.05) is 25.1 Å². The van der Waals surface area contributed by atoms with Gasteiger partial charge in [0.15, 0.2) is 0 Å². The molecule has 0 aliphatic rings. The lowest BCUT2D eigenvalue weighted by molar-refractivity contribution is 0.391. The minimum absolute atomic E-state index is 0.650. The first-order chi connectivity index (χ1) is 7.65. The SMILES string of the molecule is Cc1cc(CSc2ccc(Cl)cc2N)on1. The highest BCUT2D eigenvalue weighted by Crippen LogP contribution is 2.30. The topological polar surface area (TPSA) is 52.0 Å². The highest BCUT2D eigenvalue weighted by Gasteiger charge is 2.04. The van der Waals surface area contributed by atoms with Crippen LogP contribution in [0.2, 0.25) is 5.02 Å². The van der Waals surface area contributed by atoms with Gasteiger partial charge in [-0.15, -0.1) is 11.8 Å². The molecule has 2 N–H and O–H groups in total. The molecule has 0 unspecified atom stereocenters. The number of halogens is 1. The van der Waals surface area contributed by atoms with Crippen LogP contribution in [0.5, 0.6) is 0 Å². The second-order valence-electron chi connectivity index (χ2n) is 3.41. The molecule has 3 nitrogen and oxygen atoms in total. The summed E-state index contributed by atoms with van der Waals surface area (Å²) >= 11 is 7.42. The third-order valence-electron chi connectivity index (χ3n) is 2.02. The van der Waals surface area contributed by atoms with Gasteiger partial charge in [0.05, 0.1) is 11.4 Å². The Hall–Kier alpha value is -1.13. The van der Waals surface area contributed by atoms with Crippen molar-refractivity contribution in [1.29, 1.82) is 0 Å². The predicted octanol–water partition coefficient (Wildman–Crippen LogP) is 3.51. The summed E-state index contributed by atoms with van der Waals surface area (Å²) in [6.45, 7) is 1.90. The van der Waals surface area contributed by atoms with Crippen molar-refractivity contribution in [3.05, 3.63) is 40.7 Å². The number of hydrogen-bond acceptors (Lipinski definition) is 4. The fraction of sp³-hybridized carbons (Fsp3) is 0.182. The average Bonchev–Trinajstić information content (AvgIpc) is 2.63. The molecule has 0 saturated heterocycles. The molecule has 0 spiro atoms. The van der Waals surface area contributed by atoms with E-state index in [1.165, 1.54) is 0 Å². The number of aromatic nitrogens is 1. The minimum Gasteiger partial charge on any atom is -0.398 e. The van der Waals surface area contributed by atoms with Gasteiger partial charge < -0.3 is 10.3 Å². The van der Waals surface area contributed by atoms with Crippen LogP contribution in [0.15, 0.2) is 33.7 Å². The molecule has 1 aromatic heterocycles. The van der Waals surface area contributed by atoms with Gasteiger partial charge in [-0.25, -0.2) is 0 Å². The Kier molecular flexibility index (Phi) is 3.41. The van der Waals surface area contributed by atoms with Gasteiger partial charge >= 0.3 is 0 Å². The van der Waals surface area contributed by atoms with Crippen LogP contribution in [0.4, 0.5) is 5.69 Å². The maximum absolute atomic E-state index is 5.84. The van der Waals surface area contributed by atoms with Crippen molar-refractivity contribution in [1.82, 2.24) is 5.16 Å². The highest BCUT2D eigenvalue weighted by molar-refractivity contribution is 7.98. The van der Waals surface area contributed by atoms with Crippen LogP contribution in [0.1, 0.15) is 11.5 Å². The molecular weight excluding hydrogens is 244 g/mol. The van der Waals surface area contributed by atoms with Crippen LogP contribution in [0, 0.1) is 6.92 Å². The molecule has 0 bridgehead atoms. The molecule has 84 valence electrons. The lowest BCUT2D eigenvalue weighted by Gasteiger charge is -2.03. The third-order valence-corrected chi connectivity index (χ3v) is 3.37. The number of rotatable bonds is 3. The molecule has 1 aromatic carbocycles. The summed E-state index contributed by atoms with van der Waals surface area (Å²) in [6.07, 6.45) is 0. The molecule has 2 rings (SSSR count). The quantitative estimate of drug-likeness (QED) is 0.673. The molecule has 0 atom stereocenters. The smallest absolute Gasteiger partial charge is 0.147 e. The molecule has 0 aliphatic heterocycles. The van der Waals surface area contributed by atoms with Crippen LogP contribution >= 0.6 is 23.4 Å². The summed E-state index contributed by atoms with van der Waals surface area (Å²) in [5.74, 6) is 1.56. The van der Waals surface area contributed by atoms with Crippen molar-refractivity contribution in [3.8, 4) is 0 Å². The van der Waals surface area contributed by atoms with Gasteiger partial charge in [0.25, 0.3) is 0 Å². The van der Waals surface area contributed by atoms with E-state index in [2.05, 4.69) is 5.16 Å². The number of benzene rings is 1. The van der Waals surface area contributed by atoms with E-state index in [9.17, 15) is 0 Å². The van der Waals surface area contributed by atoms with E-state index in [0.29, 0.717) is 16.5 Å². The van der Waals surface area contributed by atoms with Crippen molar-refractivity contribution in [3.63, 3.8) is 0 Å². The number of nitrogens with two attached hydrogens (primary N) is 1. The minimum atomic E-state index is 0.650. The molecule has 2 aromatic rings. The van der Waals surface area contributed by atoms with Crippen LogP contribution in [-0.2, 0) is 5.75 Å². The second kappa shape index (κ2) is 4.80. The summed E-state index contributed by atoms with van der Waals surface area (Å²) in [4.78, 5) is 0.999. The average molecular weight is 255 g/mol. The van der Waals surface area contributed by atoms with Crippen molar-refractivity contribution >= 4 is 29.1 Å². The first-order valence-electron chi connectivity index (χ1n) is 4.75. The number of nitrogen functional groups attached to an aromatic ring is 1. The number of hydrogen-bond donors (Lipinski definition) is 1. The molecule has 1 heterocycles. The largest absolute Gasteiger partial charge is 0.398 e. The molecule has 0 aliphatic carbocycles. The Bertz CT molecular complexity index is 498. The van der Waals surface area contributed by atoms with E-state index < -0.39 is 0 Å². The molecular formula is C11H11ClN2OS. The first kappa shape index (κ1) is 11.4. The maximum Gasteiger partial charge on any atom is 0.147 e. The lowest BCUT2D eigenvalue weighted by atomic mass is 10.3. The molecule has 0 fully saturated rings. The van der Waals surface area contributed by atoms with Crippen molar-refractivity contribution in [2.24, 2.45) is 0 Å². The number of thioether (sulfide) groups is 1. The molecule has 0 saturated carbocycles. The van der Waals surface area contributed by atoms with E-state index in [0.717, 1.165) is 16.3 Å². The van der Waals surface area contributed by atoms with E-state index in [-0.39, 0.29) is 0 Å². The summed E-state index contributed by atoms with van der Waals surface area (Å²) in [6, 6.07) is 7.39. The van der Waals surface area contributed by atoms with Gasteiger partial charge in [0.1, 0.15) is 5.76 Å². The fourth-order valence-electron chi connectivity index (χ4n) is 1.28. The Labute approximate surface area is 103 Å². The summed E-state index contributed by atoms with van der Waals surface area (Å²) < 4.78 is 5.11. The van der Waals surface area contributed by atoms with E-state index in [1.54, 1.807) is 17.8 Å². The lowest BCUT2D eigenvalue weighted by Crippen LogP contribution is -1.88. The predicted molar refractivity (Wildman–Crippen MR) is 66.7 cm³/mol. The third kappa shape index (κ3) is 2.71. The monoisotopic (exact) mass is 254 g/mol. The van der Waals surface area contributed by atoms with E-state index >= 15 is 0 Å². The standard InChI is InChI=1S/C11H11ClN2OS/c1-7-4-9(15-14-7)6-16-11-3-2-8(12)5-10(11)13/h2-5H,6,13H2,1H3. The first-order valence-corrected chi connectivity index (χ1v) is 6.11. The van der Waals surface area contributed by atoms with Crippen molar-refractivity contribution < 1.29 is 4.52 Å². The zero-order valence-electron chi connectivity index (χ0n) is 8.74. The van der Waals surface area contributed by atoms with Crippen molar-refractivity contribution in [2.45, 2.75) is 17.6 Å². The van der Waals surface area contributed by atoms with Crippen LogP contribution < -0.4 is 5.73 Å². The molecule has 16 heavy (non-hydrogen) atoms. The van der Waals surface area contributed by atoms with Crippen LogP contribution in [0.3, 0.4) is 0 Å². The molecule has 0 amide bonds. The summed E-state index contributed by atoms with van der Waals surface area (Å²) in [5, 5.41) is 4.48. The number of aryl methyl sites for hydroxylation is 1. The van der Waals surface area contributed by atoms with Crippen molar-refractivity contribution in [2.75, 3.05) is 5.73 Å². The zero-order chi connectivity index (χ0) is 11.5. The highest BCUT2D eigenvalue weighted by atomic mass is 35.5. The maximum atomic E-state index is 5.84. The Morgan fingerprint density at radius 2 is 2.25 bits per heavy atom. The number of anilines is 1. The summed E-state index contributed by atoms with van der Waals surface area (Å²) in [7, 11) is 0. The Balaban J connectivity index is 2.04. The summed E-state index contributed by atoms with van der Waals surface area (Å²) in [5.41, 5.74) is 7.42. The van der Waals surface area contributed by atoms with Gasteiger partial charge in [-0.3, -0.25) is 0 Å². The number of nitrogens with zero attached hydrogens (tertiary/aromatic N) is 1. The van der Waals surface area contributed by atoms with E-state index in [4.69, 9.17) is 21.9 Å². The molecule has 0 radical (unpaired) electrons.